The Bertz CT molecular complexity index is 580. The molecule has 0 aromatic heterocycles. The first kappa shape index (κ1) is 20.3. The van der Waals surface area contributed by atoms with Gasteiger partial charge in [-0.05, 0) is 37.9 Å². The van der Waals surface area contributed by atoms with E-state index >= 15 is 0 Å². The van der Waals surface area contributed by atoms with Crippen LogP contribution in [0.15, 0.2) is 18.2 Å². The van der Waals surface area contributed by atoms with Gasteiger partial charge in [0.2, 0.25) is 0 Å². The number of rotatable bonds is 6. The molecule has 0 saturated carbocycles. The zero-order chi connectivity index (χ0) is 16.8. The van der Waals surface area contributed by atoms with Gasteiger partial charge in [0, 0.05) is 19.7 Å². The summed E-state index contributed by atoms with van der Waals surface area (Å²) in [6.07, 6.45) is 2.21. The first-order chi connectivity index (χ1) is 11.0. The predicted octanol–water partition coefficient (Wildman–Crippen LogP) is 2.13. The zero-order valence-corrected chi connectivity index (χ0v) is 14.0. The predicted molar refractivity (Wildman–Crippen MR) is 88.9 cm³/mol. The zero-order valence-electron chi connectivity index (χ0n) is 13.2. The third kappa shape index (κ3) is 5.12. The summed E-state index contributed by atoms with van der Waals surface area (Å²) in [7, 11) is 0. The fourth-order valence-corrected chi connectivity index (χ4v) is 2.57. The van der Waals surface area contributed by atoms with Gasteiger partial charge in [-0.25, -0.2) is 4.39 Å². The maximum atomic E-state index is 13.2. The molecule has 1 heterocycles. The molecule has 24 heavy (non-hydrogen) atoms. The fraction of sp³-hybridized carbons (Fsp3) is 0.533. The lowest BCUT2D eigenvalue weighted by Gasteiger charge is -2.32. The van der Waals surface area contributed by atoms with E-state index < -0.39 is 22.3 Å². The fourth-order valence-electron chi connectivity index (χ4n) is 2.57. The molecule has 0 bridgehead atoms. The van der Waals surface area contributed by atoms with Gasteiger partial charge >= 0.3 is 0 Å². The number of hydrogen-bond acceptors (Lipinski definition) is 5. The smallest absolute Gasteiger partial charge is 0.285 e. The average molecular weight is 362 g/mol. The van der Waals surface area contributed by atoms with Crippen LogP contribution >= 0.6 is 12.4 Å². The van der Waals surface area contributed by atoms with Crippen molar-refractivity contribution in [1.82, 2.24) is 4.90 Å². The topological polar surface area (TPSA) is 98.7 Å². The number of halogens is 2. The van der Waals surface area contributed by atoms with Crippen LogP contribution in [0.2, 0.25) is 0 Å². The summed E-state index contributed by atoms with van der Waals surface area (Å²) < 4.78 is 18.8. The second kappa shape index (κ2) is 9.51. The highest BCUT2D eigenvalue weighted by Gasteiger charge is 2.28. The Morgan fingerprint density at radius 1 is 1.42 bits per heavy atom. The molecule has 1 aromatic carbocycles. The van der Waals surface area contributed by atoms with Crippen LogP contribution in [0.25, 0.3) is 0 Å². The lowest BCUT2D eigenvalue weighted by atomic mass is 10.1. The molecule has 0 radical (unpaired) electrons. The summed E-state index contributed by atoms with van der Waals surface area (Å²) in [4.78, 5) is 24.3. The Labute approximate surface area is 145 Å². The number of carbonyl (C=O) groups excluding carboxylic acids is 1. The van der Waals surface area contributed by atoms with Crippen molar-refractivity contribution in [3.63, 3.8) is 0 Å². The van der Waals surface area contributed by atoms with E-state index in [1.54, 1.807) is 4.90 Å². The van der Waals surface area contributed by atoms with Crippen LogP contribution < -0.4 is 5.73 Å². The van der Waals surface area contributed by atoms with Crippen LogP contribution in [0, 0.1) is 15.9 Å². The van der Waals surface area contributed by atoms with Gasteiger partial charge in [0.05, 0.1) is 17.1 Å². The normalized spacial score (nSPS) is 15.0. The number of likely N-dealkylation sites (tertiary alicyclic amines) is 1. The van der Waals surface area contributed by atoms with E-state index in [0.29, 0.717) is 39.1 Å². The standard InChI is InChI=1S/C15H20FN3O4.ClH/c16-11-2-3-13(14(10-11)19(21)22)15(20)18-7-4-12(5-8-18)23-9-1-6-17;/h2-3,10,12H,1,4-9,17H2;1H. The van der Waals surface area contributed by atoms with Gasteiger partial charge in [-0.3, -0.25) is 14.9 Å². The van der Waals surface area contributed by atoms with Crippen molar-refractivity contribution >= 4 is 24.0 Å². The van der Waals surface area contributed by atoms with E-state index in [1.165, 1.54) is 6.07 Å². The maximum Gasteiger partial charge on any atom is 0.285 e. The second-order valence-corrected chi connectivity index (χ2v) is 5.42. The van der Waals surface area contributed by atoms with Crippen molar-refractivity contribution in [3.8, 4) is 0 Å². The summed E-state index contributed by atoms with van der Waals surface area (Å²) in [5.41, 5.74) is 4.82. The number of hydrogen-bond donors (Lipinski definition) is 1. The van der Waals surface area contributed by atoms with Gasteiger partial charge < -0.3 is 15.4 Å². The van der Waals surface area contributed by atoms with Crippen LogP contribution in [0.1, 0.15) is 29.6 Å². The molecule has 0 spiro atoms. The minimum absolute atomic E-state index is 0. The molecule has 0 aliphatic carbocycles. The Hall–Kier alpha value is -1.77. The summed E-state index contributed by atoms with van der Waals surface area (Å²) in [5, 5.41) is 11.0. The number of nitrogens with two attached hydrogens (primary N) is 1. The van der Waals surface area contributed by atoms with Gasteiger partial charge in [0.1, 0.15) is 11.4 Å². The van der Waals surface area contributed by atoms with E-state index in [0.717, 1.165) is 18.6 Å². The quantitative estimate of drug-likeness (QED) is 0.475. The molecule has 134 valence electrons. The maximum absolute atomic E-state index is 13.2. The van der Waals surface area contributed by atoms with E-state index in [2.05, 4.69) is 0 Å². The minimum Gasteiger partial charge on any atom is -0.378 e. The summed E-state index contributed by atoms with van der Waals surface area (Å²) in [6, 6.07) is 3.00. The molecule has 2 rings (SSSR count). The SMILES string of the molecule is Cl.NCCCOC1CCN(C(=O)c2ccc(F)cc2[N+](=O)[O-])CC1. The number of nitro groups is 1. The van der Waals surface area contributed by atoms with Gasteiger partial charge in [-0.2, -0.15) is 0 Å². The molecule has 1 aliphatic rings. The van der Waals surface area contributed by atoms with E-state index in [4.69, 9.17) is 10.5 Å². The number of piperidine rings is 1. The molecule has 1 aliphatic heterocycles. The molecular weight excluding hydrogens is 341 g/mol. The molecule has 1 fully saturated rings. The number of amides is 1. The Kier molecular flexibility index (Phi) is 8.03. The van der Waals surface area contributed by atoms with Gasteiger partial charge in [0.25, 0.3) is 11.6 Å². The molecule has 1 aromatic rings. The van der Waals surface area contributed by atoms with Crippen LogP contribution in [0.4, 0.5) is 10.1 Å². The van der Waals surface area contributed by atoms with Gasteiger partial charge in [-0.15, -0.1) is 12.4 Å². The van der Waals surface area contributed by atoms with E-state index in [1.807, 2.05) is 0 Å². The monoisotopic (exact) mass is 361 g/mol. The molecular formula is C15H21ClFN3O4. The number of benzene rings is 1. The highest BCUT2D eigenvalue weighted by Crippen LogP contribution is 2.23. The largest absolute Gasteiger partial charge is 0.378 e. The molecule has 1 saturated heterocycles. The van der Waals surface area contributed by atoms with E-state index in [-0.39, 0.29) is 24.1 Å². The second-order valence-electron chi connectivity index (χ2n) is 5.42. The van der Waals surface area contributed by atoms with Crippen molar-refractivity contribution in [1.29, 1.82) is 0 Å². The summed E-state index contributed by atoms with van der Waals surface area (Å²) in [5.74, 6) is -1.18. The first-order valence-corrected chi connectivity index (χ1v) is 7.58. The van der Waals surface area contributed by atoms with E-state index in [9.17, 15) is 19.3 Å². The van der Waals surface area contributed by atoms with Gasteiger partial charge in [0.15, 0.2) is 0 Å². The Balaban J connectivity index is 0.00000288. The van der Waals surface area contributed by atoms with Crippen LogP contribution in [0.5, 0.6) is 0 Å². The number of carbonyl (C=O) groups is 1. The van der Waals surface area contributed by atoms with Crippen LogP contribution in [0.3, 0.4) is 0 Å². The number of ether oxygens (including phenoxy) is 1. The van der Waals surface area contributed by atoms with Crippen LogP contribution in [-0.4, -0.2) is 48.1 Å². The number of nitro benzene ring substituents is 1. The first-order valence-electron chi connectivity index (χ1n) is 7.58. The van der Waals surface area contributed by atoms with Crippen molar-refractivity contribution in [2.75, 3.05) is 26.2 Å². The van der Waals surface area contributed by atoms with Crippen molar-refractivity contribution in [2.24, 2.45) is 5.73 Å². The molecule has 9 heteroatoms. The Morgan fingerprint density at radius 3 is 2.67 bits per heavy atom. The molecule has 7 nitrogen and oxygen atoms in total. The Morgan fingerprint density at radius 2 is 2.08 bits per heavy atom. The number of nitrogens with zero attached hydrogens (tertiary/aromatic N) is 2. The third-order valence-electron chi connectivity index (χ3n) is 3.82. The minimum atomic E-state index is -0.737. The van der Waals surface area contributed by atoms with Crippen molar-refractivity contribution in [2.45, 2.75) is 25.4 Å². The molecule has 0 unspecified atom stereocenters. The highest BCUT2D eigenvalue weighted by molar-refractivity contribution is 5.98. The lowest BCUT2D eigenvalue weighted by molar-refractivity contribution is -0.385. The lowest BCUT2D eigenvalue weighted by Crippen LogP contribution is -2.41. The van der Waals surface area contributed by atoms with Crippen molar-refractivity contribution in [3.05, 3.63) is 39.7 Å². The average Bonchev–Trinajstić information content (AvgIpc) is 2.55. The van der Waals surface area contributed by atoms with Crippen LogP contribution in [-0.2, 0) is 4.74 Å². The van der Waals surface area contributed by atoms with Crippen molar-refractivity contribution < 1.29 is 18.8 Å². The third-order valence-corrected chi connectivity index (χ3v) is 3.82. The molecule has 0 atom stereocenters. The van der Waals surface area contributed by atoms with Gasteiger partial charge in [-0.1, -0.05) is 0 Å². The summed E-state index contributed by atoms with van der Waals surface area (Å²) >= 11 is 0. The molecule has 1 amide bonds. The molecule has 2 N–H and O–H groups in total. The summed E-state index contributed by atoms with van der Waals surface area (Å²) in [6.45, 7) is 2.09. The highest BCUT2D eigenvalue weighted by atomic mass is 35.5.